The van der Waals surface area contributed by atoms with E-state index >= 15 is 0 Å². The largest absolute Gasteiger partial charge is 0.393 e. The molecule has 1 aromatic rings. The number of nitrogens with one attached hydrogen (secondary N) is 1. The van der Waals surface area contributed by atoms with Crippen LogP contribution in [0, 0.1) is 6.92 Å². The molecule has 3 nitrogen and oxygen atoms in total. The number of rotatable bonds is 4. The van der Waals surface area contributed by atoms with Crippen molar-refractivity contribution >= 4 is 5.91 Å². The van der Waals surface area contributed by atoms with Gasteiger partial charge in [-0.2, -0.15) is 0 Å². The van der Waals surface area contributed by atoms with Crippen LogP contribution < -0.4 is 5.32 Å². The van der Waals surface area contributed by atoms with Crippen molar-refractivity contribution in [2.45, 2.75) is 57.6 Å². The van der Waals surface area contributed by atoms with Crippen LogP contribution in [0.2, 0.25) is 0 Å². The summed E-state index contributed by atoms with van der Waals surface area (Å²) in [7, 11) is 0. The minimum atomic E-state index is -0.166. The Morgan fingerprint density at radius 1 is 1.32 bits per heavy atom. The predicted octanol–water partition coefficient (Wildman–Crippen LogP) is 2.35. The van der Waals surface area contributed by atoms with Gasteiger partial charge >= 0.3 is 0 Å². The van der Waals surface area contributed by atoms with Crippen LogP contribution in [0.5, 0.6) is 0 Å². The van der Waals surface area contributed by atoms with Crippen LogP contribution in [0.4, 0.5) is 0 Å². The Balaban J connectivity index is 1.73. The fourth-order valence-corrected chi connectivity index (χ4v) is 2.65. The lowest BCUT2D eigenvalue weighted by Gasteiger charge is -2.26. The molecule has 19 heavy (non-hydrogen) atoms. The van der Waals surface area contributed by atoms with Crippen molar-refractivity contribution in [3.63, 3.8) is 0 Å². The van der Waals surface area contributed by atoms with Gasteiger partial charge in [-0.3, -0.25) is 4.79 Å². The molecule has 0 atom stereocenters. The molecule has 0 aliphatic heterocycles. The van der Waals surface area contributed by atoms with Crippen LogP contribution in [0.1, 0.15) is 43.2 Å². The SMILES string of the molecule is Cc1cccc(CCC(=O)NC2CCC(O)CC2)c1. The molecule has 3 heteroatoms. The quantitative estimate of drug-likeness (QED) is 0.874. The first-order chi connectivity index (χ1) is 9.13. The van der Waals surface area contributed by atoms with Gasteiger partial charge in [0.1, 0.15) is 0 Å². The first kappa shape index (κ1) is 14.1. The third-order valence-corrected chi connectivity index (χ3v) is 3.79. The average molecular weight is 261 g/mol. The topological polar surface area (TPSA) is 49.3 Å². The molecule has 104 valence electrons. The third kappa shape index (κ3) is 4.67. The predicted molar refractivity (Wildman–Crippen MR) is 75.9 cm³/mol. The van der Waals surface area contributed by atoms with Crippen LogP contribution in [-0.4, -0.2) is 23.2 Å². The summed E-state index contributed by atoms with van der Waals surface area (Å²) in [5.41, 5.74) is 2.45. The third-order valence-electron chi connectivity index (χ3n) is 3.79. The summed E-state index contributed by atoms with van der Waals surface area (Å²) < 4.78 is 0. The molecule has 0 unspecified atom stereocenters. The maximum atomic E-state index is 11.9. The Morgan fingerprint density at radius 3 is 2.74 bits per heavy atom. The molecule has 0 radical (unpaired) electrons. The van der Waals surface area contributed by atoms with Crippen molar-refractivity contribution in [2.75, 3.05) is 0 Å². The molecule has 0 heterocycles. The highest BCUT2D eigenvalue weighted by Crippen LogP contribution is 2.18. The molecule has 2 N–H and O–H groups in total. The van der Waals surface area contributed by atoms with Gasteiger partial charge in [-0.15, -0.1) is 0 Å². The summed E-state index contributed by atoms with van der Waals surface area (Å²) in [5.74, 6) is 0.128. The van der Waals surface area contributed by atoms with Crippen molar-refractivity contribution in [1.82, 2.24) is 5.32 Å². The van der Waals surface area contributed by atoms with E-state index in [0.29, 0.717) is 6.42 Å². The number of benzene rings is 1. The van der Waals surface area contributed by atoms with Gasteiger partial charge in [-0.05, 0) is 44.6 Å². The van der Waals surface area contributed by atoms with Gasteiger partial charge in [-0.1, -0.05) is 29.8 Å². The smallest absolute Gasteiger partial charge is 0.220 e. The van der Waals surface area contributed by atoms with Gasteiger partial charge in [0, 0.05) is 12.5 Å². The summed E-state index contributed by atoms with van der Waals surface area (Å²) in [6, 6.07) is 8.55. The highest BCUT2D eigenvalue weighted by atomic mass is 16.3. The van der Waals surface area contributed by atoms with Gasteiger partial charge in [0.2, 0.25) is 5.91 Å². The number of carbonyl (C=O) groups excluding carboxylic acids is 1. The maximum Gasteiger partial charge on any atom is 0.220 e. The fraction of sp³-hybridized carbons (Fsp3) is 0.562. The van der Waals surface area contributed by atoms with Crippen molar-refractivity contribution in [2.24, 2.45) is 0 Å². The number of aliphatic hydroxyl groups excluding tert-OH is 1. The molecule has 0 aromatic heterocycles. The molecule has 0 saturated heterocycles. The summed E-state index contributed by atoms with van der Waals surface area (Å²) in [6.07, 6.45) is 4.59. The minimum Gasteiger partial charge on any atom is -0.393 e. The van der Waals surface area contributed by atoms with E-state index in [1.54, 1.807) is 0 Å². The van der Waals surface area contributed by atoms with Crippen LogP contribution in [-0.2, 0) is 11.2 Å². The van der Waals surface area contributed by atoms with E-state index in [0.717, 1.165) is 32.1 Å². The molecular formula is C16H23NO2. The van der Waals surface area contributed by atoms with E-state index in [2.05, 4.69) is 30.4 Å². The monoisotopic (exact) mass is 261 g/mol. The summed E-state index contributed by atoms with van der Waals surface area (Å²) in [5, 5.41) is 12.5. The molecule has 2 rings (SSSR count). The Morgan fingerprint density at radius 2 is 2.05 bits per heavy atom. The molecule has 1 aromatic carbocycles. The normalized spacial score (nSPS) is 23.1. The molecule has 1 saturated carbocycles. The zero-order chi connectivity index (χ0) is 13.7. The fourth-order valence-electron chi connectivity index (χ4n) is 2.65. The van der Waals surface area contributed by atoms with Crippen LogP contribution in [0.3, 0.4) is 0 Å². The molecular weight excluding hydrogens is 238 g/mol. The van der Waals surface area contributed by atoms with E-state index in [1.165, 1.54) is 11.1 Å². The summed E-state index contributed by atoms with van der Waals surface area (Å²) >= 11 is 0. The number of aryl methyl sites for hydroxylation is 2. The van der Waals surface area contributed by atoms with Crippen molar-refractivity contribution in [1.29, 1.82) is 0 Å². The van der Waals surface area contributed by atoms with Crippen LogP contribution >= 0.6 is 0 Å². The molecule has 1 aliphatic rings. The van der Waals surface area contributed by atoms with Gasteiger partial charge in [0.05, 0.1) is 6.10 Å². The van der Waals surface area contributed by atoms with Crippen LogP contribution in [0.25, 0.3) is 0 Å². The lowest BCUT2D eigenvalue weighted by molar-refractivity contribution is -0.122. The van der Waals surface area contributed by atoms with E-state index in [9.17, 15) is 9.90 Å². The summed E-state index contributed by atoms with van der Waals surface area (Å²) in [6.45, 7) is 2.07. The van der Waals surface area contributed by atoms with Gasteiger partial charge in [-0.25, -0.2) is 0 Å². The lowest BCUT2D eigenvalue weighted by Crippen LogP contribution is -2.38. The number of aliphatic hydroxyl groups is 1. The molecule has 1 amide bonds. The Hall–Kier alpha value is -1.35. The van der Waals surface area contributed by atoms with Gasteiger partial charge in [0.25, 0.3) is 0 Å². The zero-order valence-electron chi connectivity index (χ0n) is 11.6. The van der Waals surface area contributed by atoms with Gasteiger partial charge < -0.3 is 10.4 Å². The lowest BCUT2D eigenvalue weighted by atomic mass is 9.93. The number of hydrogen-bond donors (Lipinski definition) is 2. The second kappa shape index (κ2) is 6.71. The second-order valence-corrected chi connectivity index (χ2v) is 5.56. The van der Waals surface area contributed by atoms with Crippen molar-refractivity contribution in [3.8, 4) is 0 Å². The Labute approximate surface area is 115 Å². The van der Waals surface area contributed by atoms with Crippen LogP contribution in [0.15, 0.2) is 24.3 Å². The van der Waals surface area contributed by atoms with Crippen molar-refractivity contribution < 1.29 is 9.90 Å². The number of amides is 1. The molecule has 0 bridgehead atoms. The summed E-state index contributed by atoms with van der Waals surface area (Å²) in [4.78, 5) is 11.9. The van der Waals surface area contributed by atoms with Gasteiger partial charge in [0.15, 0.2) is 0 Å². The highest BCUT2D eigenvalue weighted by molar-refractivity contribution is 5.76. The zero-order valence-corrected chi connectivity index (χ0v) is 11.6. The molecule has 1 aliphatic carbocycles. The Bertz CT molecular complexity index is 423. The molecule has 1 fully saturated rings. The Kier molecular flexibility index (Phi) is 4.97. The number of carbonyl (C=O) groups is 1. The average Bonchev–Trinajstić information content (AvgIpc) is 2.39. The maximum absolute atomic E-state index is 11.9. The molecule has 0 spiro atoms. The first-order valence-corrected chi connectivity index (χ1v) is 7.16. The van der Waals surface area contributed by atoms with E-state index < -0.39 is 0 Å². The van der Waals surface area contributed by atoms with E-state index in [1.807, 2.05) is 6.07 Å². The second-order valence-electron chi connectivity index (χ2n) is 5.56. The number of hydrogen-bond acceptors (Lipinski definition) is 2. The minimum absolute atomic E-state index is 0.128. The van der Waals surface area contributed by atoms with Crippen molar-refractivity contribution in [3.05, 3.63) is 35.4 Å². The standard InChI is InChI=1S/C16H23NO2/c1-12-3-2-4-13(11-12)5-10-16(19)17-14-6-8-15(18)9-7-14/h2-4,11,14-15,18H,5-10H2,1H3,(H,17,19). The highest BCUT2D eigenvalue weighted by Gasteiger charge is 2.20. The van der Waals surface area contributed by atoms with E-state index in [-0.39, 0.29) is 18.1 Å². The van der Waals surface area contributed by atoms with E-state index in [4.69, 9.17) is 0 Å². The first-order valence-electron chi connectivity index (χ1n) is 7.16.